The molecule has 0 saturated heterocycles. The summed E-state index contributed by atoms with van der Waals surface area (Å²) in [5, 5.41) is 6.91. The van der Waals surface area contributed by atoms with E-state index in [1.807, 2.05) is 72.6 Å². The predicted octanol–water partition coefficient (Wildman–Crippen LogP) is 4.38. The number of amides is 1. The van der Waals surface area contributed by atoms with Crippen LogP contribution in [0.1, 0.15) is 34.7 Å². The number of hydrazone groups is 1. The van der Waals surface area contributed by atoms with Crippen molar-refractivity contribution >= 4 is 17.3 Å². The number of aryl methyl sites for hydroxylation is 1. The van der Waals surface area contributed by atoms with Crippen molar-refractivity contribution in [1.29, 1.82) is 0 Å². The van der Waals surface area contributed by atoms with E-state index in [9.17, 15) is 4.79 Å². The predicted molar refractivity (Wildman–Crippen MR) is 122 cm³/mol. The number of methoxy groups -OCH3 is 1. The Morgan fingerprint density at radius 2 is 1.88 bits per heavy atom. The second kappa shape index (κ2) is 6.60. The van der Waals surface area contributed by atoms with E-state index in [1.165, 1.54) is 0 Å². The summed E-state index contributed by atoms with van der Waals surface area (Å²) in [6, 6.07) is 21.8. The number of hydrogen-bond acceptors (Lipinski definition) is 5. The molecule has 0 N–H and O–H groups in total. The number of hydrogen-bond donors (Lipinski definition) is 0. The van der Waals surface area contributed by atoms with Gasteiger partial charge in [0.2, 0.25) is 0 Å². The number of carbonyl (C=O) groups is 1. The van der Waals surface area contributed by atoms with Gasteiger partial charge in [-0.25, -0.2) is 5.01 Å². The fraction of sp³-hybridized carbons (Fsp3) is 0.231. The molecule has 6 rings (SSSR count). The minimum Gasteiger partial charge on any atom is -0.497 e. The van der Waals surface area contributed by atoms with Crippen molar-refractivity contribution in [1.82, 2.24) is 5.01 Å². The van der Waals surface area contributed by atoms with Crippen LogP contribution in [0, 0.1) is 6.92 Å². The molecule has 0 unspecified atom stereocenters. The Labute approximate surface area is 186 Å². The van der Waals surface area contributed by atoms with Gasteiger partial charge in [-0.05, 0) is 55.0 Å². The highest BCUT2D eigenvalue weighted by Gasteiger charge is 2.62. The Morgan fingerprint density at radius 3 is 2.66 bits per heavy atom. The van der Waals surface area contributed by atoms with Crippen molar-refractivity contribution in [3.05, 3.63) is 89.0 Å². The van der Waals surface area contributed by atoms with E-state index in [2.05, 4.69) is 6.07 Å². The number of para-hydroxylation sites is 1. The Balaban J connectivity index is 1.56. The maximum absolute atomic E-state index is 13.8. The summed E-state index contributed by atoms with van der Waals surface area (Å²) >= 11 is 0. The van der Waals surface area contributed by atoms with E-state index >= 15 is 0 Å². The molecule has 0 aromatic heterocycles. The molecule has 3 aliphatic heterocycles. The molecule has 0 radical (unpaired) electrons. The SMILES string of the molecule is COc1ccc(C2=NN3[C@@H](C2)c2ccccc2O[C@@]32C(=O)N(C)c3ccc(C)cc32)cc1. The van der Waals surface area contributed by atoms with Crippen LogP contribution in [0.25, 0.3) is 0 Å². The largest absolute Gasteiger partial charge is 0.497 e. The number of fused-ring (bicyclic) bond motifs is 6. The molecule has 1 spiro atoms. The van der Waals surface area contributed by atoms with Crippen LogP contribution >= 0.6 is 0 Å². The van der Waals surface area contributed by atoms with Crippen LogP contribution in [0.2, 0.25) is 0 Å². The second-order valence-corrected chi connectivity index (χ2v) is 8.51. The summed E-state index contributed by atoms with van der Waals surface area (Å²) in [7, 11) is 3.45. The average Bonchev–Trinajstić information content (AvgIpc) is 3.35. The fourth-order valence-corrected chi connectivity index (χ4v) is 5.04. The van der Waals surface area contributed by atoms with Crippen molar-refractivity contribution in [2.75, 3.05) is 19.1 Å². The topological polar surface area (TPSA) is 54.4 Å². The number of nitrogens with zero attached hydrogens (tertiary/aromatic N) is 3. The molecule has 3 aromatic rings. The van der Waals surface area contributed by atoms with Gasteiger partial charge >= 0.3 is 5.72 Å². The van der Waals surface area contributed by atoms with Gasteiger partial charge in [-0.15, -0.1) is 0 Å². The molecule has 1 amide bonds. The summed E-state index contributed by atoms with van der Waals surface area (Å²) < 4.78 is 11.9. The Hall–Kier alpha value is -3.80. The van der Waals surface area contributed by atoms with Crippen LogP contribution in [0.4, 0.5) is 5.69 Å². The summed E-state index contributed by atoms with van der Waals surface area (Å²) in [5.74, 6) is 1.40. The zero-order chi connectivity index (χ0) is 22.0. The molecule has 3 heterocycles. The van der Waals surface area contributed by atoms with Gasteiger partial charge in [0, 0.05) is 19.0 Å². The highest BCUT2D eigenvalue weighted by molar-refractivity contribution is 6.08. The number of ether oxygens (including phenoxy) is 2. The van der Waals surface area contributed by atoms with Crippen molar-refractivity contribution in [2.45, 2.75) is 25.1 Å². The van der Waals surface area contributed by atoms with E-state index < -0.39 is 5.72 Å². The number of carbonyl (C=O) groups excluding carboxylic acids is 1. The third-order valence-corrected chi connectivity index (χ3v) is 6.66. The smallest absolute Gasteiger partial charge is 0.306 e. The Morgan fingerprint density at radius 1 is 1.09 bits per heavy atom. The van der Waals surface area contributed by atoms with Gasteiger partial charge in [-0.1, -0.05) is 29.8 Å². The van der Waals surface area contributed by atoms with E-state index in [4.69, 9.17) is 14.6 Å². The maximum atomic E-state index is 13.8. The van der Waals surface area contributed by atoms with E-state index in [1.54, 1.807) is 19.1 Å². The first kappa shape index (κ1) is 18.9. The number of benzene rings is 3. The molecule has 0 bridgehead atoms. The van der Waals surface area contributed by atoms with Crippen molar-refractivity contribution < 1.29 is 14.3 Å². The van der Waals surface area contributed by atoms with Crippen LogP contribution in [0.5, 0.6) is 11.5 Å². The molecular formula is C26H23N3O3. The summed E-state index contributed by atoms with van der Waals surface area (Å²) in [6.45, 7) is 2.03. The first-order chi connectivity index (χ1) is 15.5. The maximum Gasteiger partial charge on any atom is 0.306 e. The molecule has 0 aliphatic carbocycles. The summed E-state index contributed by atoms with van der Waals surface area (Å²) in [5.41, 5.74) is 4.43. The highest BCUT2D eigenvalue weighted by Crippen LogP contribution is 2.55. The fourth-order valence-electron chi connectivity index (χ4n) is 5.04. The van der Waals surface area contributed by atoms with Gasteiger partial charge in [0.25, 0.3) is 5.91 Å². The third kappa shape index (κ3) is 2.40. The van der Waals surface area contributed by atoms with Crippen LogP contribution < -0.4 is 14.4 Å². The van der Waals surface area contributed by atoms with Crippen molar-refractivity contribution in [3.63, 3.8) is 0 Å². The zero-order valence-corrected chi connectivity index (χ0v) is 18.2. The Kier molecular flexibility index (Phi) is 3.90. The lowest BCUT2D eigenvalue weighted by Gasteiger charge is -2.44. The first-order valence-corrected chi connectivity index (χ1v) is 10.7. The average molecular weight is 425 g/mol. The van der Waals surface area contributed by atoms with Gasteiger partial charge in [-0.2, -0.15) is 5.10 Å². The van der Waals surface area contributed by atoms with Crippen LogP contribution in [-0.4, -0.2) is 30.8 Å². The molecular weight excluding hydrogens is 402 g/mol. The normalized spacial score (nSPS) is 22.9. The Bertz CT molecular complexity index is 1280. The minimum atomic E-state index is -1.32. The summed E-state index contributed by atoms with van der Waals surface area (Å²) in [4.78, 5) is 15.5. The quantitative estimate of drug-likeness (QED) is 0.612. The standard InChI is InChI=1S/C26H23N3O3/c1-16-8-13-22-20(14-16)26(25(30)28(22)2)29-23(19-6-4-5-7-24(19)32-26)15-21(27-29)17-9-11-18(31-3)12-10-17/h4-14,23H,15H2,1-3H3/t23-,26-/m0/s1. The van der Waals surface area contributed by atoms with Gasteiger partial charge in [0.15, 0.2) is 0 Å². The second-order valence-electron chi connectivity index (χ2n) is 8.51. The lowest BCUT2D eigenvalue weighted by atomic mass is 9.92. The summed E-state index contributed by atoms with van der Waals surface area (Å²) in [6.07, 6.45) is 0.687. The molecule has 2 atom stereocenters. The molecule has 6 nitrogen and oxygen atoms in total. The molecule has 32 heavy (non-hydrogen) atoms. The first-order valence-electron chi connectivity index (χ1n) is 10.7. The van der Waals surface area contributed by atoms with E-state index in [0.29, 0.717) is 6.42 Å². The van der Waals surface area contributed by atoms with Crippen LogP contribution in [0.3, 0.4) is 0 Å². The van der Waals surface area contributed by atoms with Gasteiger partial charge in [0.05, 0.1) is 30.1 Å². The molecule has 160 valence electrons. The molecule has 6 heteroatoms. The van der Waals surface area contributed by atoms with Crippen molar-refractivity contribution in [3.8, 4) is 11.5 Å². The number of likely N-dealkylation sites (N-methyl/N-ethyl adjacent to an activating group) is 1. The van der Waals surface area contributed by atoms with Crippen LogP contribution in [0.15, 0.2) is 71.8 Å². The van der Waals surface area contributed by atoms with Gasteiger partial charge < -0.3 is 14.4 Å². The third-order valence-electron chi connectivity index (χ3n) is 6.66. The van der Waals surface area contributed by atoms with Gasteiger partial charge in [0.1, 0.15) is 11.5 Å². The zero-order valence-electron chi connectivity index (χ0n) is 18.2. The van der Waals surface area contributed by atoms with Crippen molar-refractivity contribution in [2.24, 2.45) is 5.10 Å². The van der Waals surface area contributed by atoms with E-state index in [0.717, 1.165) is 45.2 Å². The number of rotatable bonds is 2. The lowest BCUT2D eigenvalue weighted by molar-refractivity contribution is -0.163. The van der Waals surface area contributed by atoms with E-state index in [-0.39, 0.29) is 11.9 Å². The monoisotopic (exact) mass is 425 g/mol. The molecule has 3 aliphatic rings. The minimum absolute atomic E-state index is 0.0964. The highest BCUT2D eigenvalue weighted by atomic mass is 16.5. The lowest BCUT2D eigenvalue weighted by Crippen LogP contribution is -2.56. The van der Waals surface area contributed by atoms with Crippen LogP contribution in [-0.2, 0) is 10.5 Å². The molecule has 3 aromatic carbocycles. The molecule has 0 fully saturated rings. The number of anilines is 1. The molecule has 0 saturated carbocycles. The van der Waals surface area contributed by atoms with Gasteiger partial charge in [-0.3, -0.25) is 4.79 Å².